The number of nitrogens with zero attached hydrogens (tertiary/aromatic N) is 1. The van der Waals surface area contributed by atoms with Gasteiger partial charge in [-0.05, 0) is 55.6 Å². The van der Waals surface area contributed by atoms with Crippen LogP contribution >= 0.6 is 59.4 Å². The molecule has 0 spiro atoms. The highest BCUT2D eigenvalue weighted by molar-refractivity contribution is 9.11. The zero-order valence-electron chi connectivity index (χ0n) is 13.2. The van der Waals surface area contributed by atoms with Gasteiger partial charge in [-0.3, -0.25) is 0 Å². The first kappa shape index (κ1) is 21.1. The Morgan fingerprint density at radius 1 is 1.15 bits per heavy atom. The van der Waals surface area contributed by atoms with Crippen molar-refractivity contribution >= 4 is 65.1 Å². The molecule has 1 unspecified atom stereocenters. The molecule has 0 fully saturated rings. The predicted molar refractivity (Wildman–Crippen MR) is 106 cm³/mol. The molecule has 1 aliphatic heterocycles. The number of hydrogen-bond donors (Lipinski definition) is 0. The lowest BCUT2D eigenvalue weighted by Gasteiger charge is -2.29. The maximum absolute atomic E-state index is 14.0. The summed E-state index contributed by atoms with van der Waals surface area (Å²) in [5.41, 5.74) is -1.66. The van der Waals surface area contributed by atoms with Crippen molar-refractivity contribution in [2.75, 3.05) is 0 Å². The van der Waals surface area contributed by atoms with Crippen LogP contribution in [-0.2, 0) is 15.8 Å². The molecule has 0 N–H and O–H groups in total. The Morgan fingerprint density at radius 3 is 2.30 bits per heavy atom. The average molecular weight is 594 g/mol. The van der Waals surface area contributed by atoms with Crippen molar-refractivity contribution in [3.8, 4) is 0 Å². The van der Waals surface area contributed by atoms with E-state index in [1.54, 1.807) is 18.2 Å². The van der Waals surface area contributed by atoms with Crippen molar-refractivity contribution in [2.24, 2.45) is 5.16 Å². The molecule has 144 valence electrons. The Hall–Kier alpha value is -0.640. The lowest BCUT2D eigenvalue weighted by Crippen LogP contribution is -2.42. The van der Waals surface area contributed by atoms with Crippen LogP contribution in [0.3, 0.4) is 0 Å². The number of oxime groups is 1. The van der Waals surface area contributed by atoms with Crippen molar-refractivity contribution in [3.05, 3.63) is 66.8 Å². The smallest absolute Gasteiger partial charge is 0.374 e. The Labute approximate surface area is 182 Å². The summed E-state index contributed by atoms with van der Waals surface area (Å²) in [6.45, 7) is 0. The van der Waals surface area contributed by atoms with Crippen LogP contribution in [-0.4, -0.2) is 11.9 Å². The second-order valence-electron chi connectivity index (χ2n) is 5.82. The molecule has 27 heavy (non-hydrogen) atoms. The van der Waals surface area contributed by atoms with Crippen LogP contribution in [0, 0.1) is 5.82 Å². The molecule has 0 amide bonds. The molecule has 3 rings (SSSR count). The van der Waals surface area contributed by atoms with E-state index in [-0.39, 0.29) is 20.2 Å². The fourth-order valence-electron chi connectivity index (χ4n) is 2.68. The first-order valence-electron chi connectivity index (χ1n) is 7.40. The van der Waals surface area contributed by atoms with Crippen molar-refractivity contribution in [1.82, 2.24) is 0 Å². The summed E-state index contributed by atoms with van der Waals surface area (Å²) in [4.78, 5) is 4.95. The minimum atomic E-state index is -4.78. The number of alkyl halides is 4. The van der Waals surface area contributed by atoms with Gasteiger partial charge in [0.1, 0.15) is 0 Å². The van der Waals surface area contributed by atoms with E-state index in [0.29, 0.717) is 15.9 Å². The van der Waals surface area contributed by atoms with E-state index in [9.17, 15) is 17.6 Å². The third kappa shape index (κ3) is 3.80. The fourth-order valence-corrected chi connectivity index (χ4v) is 4.77. The van der Waals surface area contributed by atoms with E-state index in [4.69, 9.17) is 16.4 Å². The van der Waals surface area contributed by atoms with Crippen molar-refractivity contribution in [1.29, 1.82) is 0 Å². The van der Waals surface area contributed by atoms with Crippen molar-refractivity contribution < 1.29 is 22.4 Å². The van der Waals surface area contributed by atoms with Gasteiger partial charge in [-0.1, -0.05) is 44.8 Å². The van der Waals surface area contributed by atoms with Crippen LogP contribution in [0.15, 0.2) is 44.4 Å². The van der Waals surface area contributed by atoms with Gasteiger partial charge in [0.2, 0.25) is 0 Å². The normalized spacial score (nSPS) is 19.8. The van der Waals surface area contributed by atoms with Crippen LogP contribution in [0.25, 0.3) is 0 Å². The third-order valence-corrected chi connectivity index (χ3v) is 6.28. The van der Waals surface area contributed by atoms with Gasteiger partial charge in [-0.25, -0.2) is 4.39 Å². The third-order valence-electron chi connectivity index (χ3n) is 4.17. The summed E-state index contributed by atoms with van der Waals surface area (Å²) in [6, 6.07) is 6.98. The first-order chi connectivity index (χ1) is 12.6. The zero-order chi connectivity index (χ0) is 20.0. The van der Waals surface area contributed by atoms with Crippen LogP contribution in [0.5, 0.6) is 0 Å². The van der Waals surface area contributed by atoms with Gasteiger partial charge in [0.25, 0.3) is 5.60 Å². The number of hydrogen-bond acceptors (Lipinski definition) is 2. The summed E-state index contributed by atoms with van der Waals surface area (Å²) in [5, 5.41) is 4.60. The molecule has 10 heteroatoms. The quantitative estimate of drug-likeness (QED) is 0.205. The molecule has 0 radical (unpaired) electrons. The lowest BCUT2D eigenvalue weighted by atomic mass is 9.86. The molecule has 1 atom stereocenters. The second-order valence-corrected chi connectivity index (χ2v) is 8.50. The standard InChI is InChI=1S/C17H9Br3ClF4NO/c18-7-9-2-1-8(3-13(9)21)14-6-16(27-26-14,17(23,24)25)10-4-11(19)15(22)12(20)5-10/h1-5H,6-7H2. The van der Waals surface area contributed by atoms with E-state index in [1.165, 1.54) is 0 Å². The Kier molecular flexibility index (Phi) is 5.97. The average Bonchev–Trinajstić information content (AvgIpc) is 3.06. The lowest BCUT2D eigenvalue weighted by molar-refractivity contribution is -0.275. The summed E-state index contributed by atoms with van der Waals surface area (Å²) >= 11 is 15.3. The van der Waals surface area contributed by atoms with Gasteiger partial charge < -0.3 is 4.84 Å². The highest BCUT2D eigenvalue weighted by Crippen LogP contribution is 2.50. The van der Waals surface area contributed by atoms with E-state index in [2.05, 4.69) is 52.9 Å². The second kappa shape index (κ2) is 7.65. The first-order valence-corrected chi connectivity index (χ1v) is 10.5. The van der Waals surface area contributed by atoms with E-state index >= 15 is 0 Å². The summed E-state index contributed by atoms with van der Waals surface area (Å²) < 4.78 is 55.6. The van der Waals surface area contributed by atoms with Crippen LogP contribution < -0.4 is 0 Å². The maximum Gasteiger partial charge on any atom is 0.435 e. The van der Waals surface area contributed by atoms with Crippen LogP contribution in [0.2, 0.25) is 5.02 Å². The van der Waals surface area contributed by atoms with E-state index in [0.717, 1.165) is 17.7 Å². The molecule has 0 saturated heterocycles. The molecule has 2 nitrogen and oxygen atoms in total. The fraction of sp³-hybridized carbons (Fsp3) is 0.235. The summed E-state index contributed by atoms with van der Waals surface area (Å²) in [6.07, 6.45) is -5.35. The van der Waals surface area contributed by atoms with Gasteiger partial charge in [-0.2, -0.15) is 13.2 Å². The molecule has 2 aromatic carbocycles. The molecule has 0 bridgehead atoms. The van der Waals surface area contributed by atoms with Crippen LogP contribution in [0.1, 0.15) is 23.1 Å². The largest absolute Gasteiger partial charge is 0.435 e. The molecule has 1 heterocycles. The van der Waals surface area contributed by atoms with Gasteiger partial charge in [0.15, 0.2) is 5.82 Å². The predicted octanol–water partition coefficient (Wildman–Crippen LogP) is 7.48. The minimum absolute atomic E-state index is 0.104. The van der Waals surface area contributed by atoms with Crippen molar-refractivity contribution in [2.45, 2.75) is 23.5 Å². The van der Waals surface area contributed by atoms with E-state index < -0.39 is 24.0 Å². The molecule has 1 aliphatic rings. The SMILES string of the molecule is Fc1c(Br)cc(C2(C(F)(F)F)CC(c3ccc(CBr)c(Cl)c3)=NO2)cc1Br. The Balaban J connectivity index is 2.04. The minimum Gasteiger partial charge on any atom is -0.374 e. The van der Waals surface area contributed by atoms with Gasteiger partial charge in [-0.15, -0.1) is 0 Å². The highest BCUT2D eigenvalue weighted by atomic mass is 79.9. The Morgan fingerprint density at radius 2 is 1.78 bits per heavy atom. The monoisotopic (exact) mass is 591 g/mol. The molecule has 2 aromatic rings. The maximum atomic E-state index is 14.0. The van der Waals surface area contributed by atoms with Gasteiger partial charge in [0.05, 0.1) is 14.7 Å². The molecular formula is C17H9Br3ClF4NO. The van der Waals surface area contributed by atoms with Crippen molar-refractivity contribution in [3.63, 3.8) is 0 Å². The number of rotatable bonds is 3. The van der Waals surface area contributed by atoms with Crippen LogP contribution in [0.4, 0.5) is 17.6 Å². The van der Waals surface area contributed by atoms with Gasteiger partial charge in [0, 0.05) is 27.9 Å². The number of halogens is 8. The summed E-state index contributed by atoms with van der Waals surface area (Å²) in [7, 11) is 0. The molecular weight excluding hydrogens is 585 g/mol. The number of benzene rings is 2. The molecule has 0 saturated carbocycles. The topological polar surface area (TPSA) is 21.6 Å². The highest BCUT2D eigenvalue weighted by Gasteiger charge is 2.62. The Bertz CT molecular complexity index is 912. The summed E-state index contributed by atoms with van der Waals surface area (Å²) in [5.74, 6) is -0.702. The van der Waals surface area contributed by atoms with E-state index in [1.807, 2.05) is 0 Å². The zero-order valence-corrected chi connectivity index (χ0v) is 18.7. The molecule has 0 aliphatic carbocycles. The van der Waals surface area contributed by atoms with Gasteiger partial charge >= 0.3 is 6.18 Å². The molecule has 0 aromatic heterocycles.